The molecule has 0 amide bonds. The second-order valence-corrected chi connectivity index (χ2v) is 6.22. The van der Waals surface area contributed by atoms with Crippen molar-refractivity contribution in [3.8, 4) is 0 Å². The average molecular weight is 285 g/mol. The first kappa shape index (κ1) is 12.7. The first-order chi connectivity index (χ1) is 8.51. The van der Waals surface area contributed by atoms with Gasteiger partial charge in [-0.2, -0.15) is 0 Å². The first-order valence-electron chi connectivity index (χ1n) is 4.98. The lowest BCUT2D eigenvalue weighted by Gasteiger charge is -2.05. The summed E-state index contributed by atoms with van der Waals surface area (Å²) in [6.45, 7) is 1.75. The number of hydrogen-bond donors (Lipinski definition) is 2. The summed E-state index contributed by atoms with van der Waals surface area (Å²) in [5.74, 6) is 0.478. The van der Waals surface area contributed by atoms with E-state index in [2.05, 4.69) is 25.2 Å². The fourth-order valence-corrected chi connectivity index (χ4v) is 3.06. The fraction of sp³-hybridized carbons (Fsp3) is 0.222. The number of aryl methyl sites for hydroxylation is 1. The Morgan fingerprint density at radius 3 is 2.72 bits per heavy atom. The molecule has 0 bridgehead atoms. The van der Waals surface area contributed by atoms with Gasteiger partial charge in [0.2, 0.25) is 5.13 Å². The van der Waals surface area contributed by atoms with Crippen molar-refractivity contribution in [2.24, 2.45) is 0 Å². The Kier molecular flexibility index (Phi) is 3.43. The number of sulfonamides is 1. The molecule has 0 aliphatic rings. The van der Waals surface area contributed by atoms with Gasteiger partial charge in [0.25, 0.3) is 10.0 Å². The molecule has 0 aliphatic heterocycles. The summed E-state index contributed by atoms with van der Waals surface area (Å²) in [4.78, 5) is 4.07. The van der Waals surface area contributed by atoms with Crippen LogP contribution in [0.1, 0.15) is 5.01 Å². The van der Waals surface area contributed by atoms with Crippen LogP contribution < -0.4 is 10.0 Å². The number of rotatable bonds is 4. The topological polar surface area (TPSA) is 96.9 Å². The Bertz CT molecular complexity index is 652. The van der Waals surface area contributed by atoms with Crippen LogP contribution in [0, 0.1) is 6.92 Å². The summed E-state index contributed by atoms with van der Waals surface area (Å²) in [5.41, 5.74) is 0. The zero-order chi connectivity index (χ0) is 13.2. The lowest BCUT2D eigenvalue weighted by Crippen LogP contribution is -2.13. The summed E-state index contributed by atoms with van der Waals surface area (Å²) < 4.78 is 26.5. The predicted octanol–water partition coefficient (Wildman–Crippen LogP) is 1.08. The Morgan fingerprint density at radius 2 is 2.11 bits per heavy atom. The van der Waals surface area contributed by atoms with Gasteiger partial charge in [0.1, 0.15) is 10.8 Å². The van der Waals surface area contributed by atoms with Gasteiger partial charge in [-0.3, -0.25) is 4.72 Å². The van der Waals surface area contributed by atoms with Crippen LogP contribution in [-0.2, 0) is 10.0 Å². The van der Waals surface area contributed by atoms with Crippen LogP contribution in [0.4, 0.5) is 10.9 Å². The molecule has 2 rings (SSSR count). The van der Waals surface area contributed by atoms with Crippen LogP contribution in [0.25, 0.3) is 0 Å². The van der Waals surface area contributed by atoms with E-state index in [0.29, 0.717) is 10.8 Å². The molecule has 0 radical (unpaired) electrons. The minimum atomic E-state index is -3.65. The second kappa shape index (κ2) is 4.86. The molecule has 2 aromatic rings. The SMILES string of the molecule is CNc1cc(S(=O)(=O)Nc2nnc(C)s2)ccn1. The maximum atomic E-state index is 12.1. The van der Waals surface area contributed by atoms with E-state index >= 15 is 0 Å². The average Bonchev–Trinajstić information content (AvgIpc) is 2.74. The van der Waals surface area contributed by atoms with E-state index in [9.17, 15) is 8.42 Å². The second-order valence-electron chi connectivity index (χ2n) is 3.36. The van der Waals surface area contributed by atoms with Crippen LogP contribution in [0.3, 0.4) is 0 Å². The van der Waals surface area contributed by atoms with Crippen molar-refractivity contribution in [1.29, 1.82) is 0 Å². The summed E-state index contributed by atoms with van der Waals surface area (Å²) in [7, 11) is -1.99. The molecule has 0 unspecified atom stereocenters. The van der Waals surface area contributed by atoms with Crippen LogP contribution in [-0.4, -0.2) is 30.6 Å². The van der Waals surface area contributed by atoms with Crippen molar-refractivity contribution >= 4 is 32.3 Å². The molecule has 0 fully saturated rings. The molecular weight excluding hydrogens is 274 g/mol. The Balaban J connectivity index is 2.30. The van der Waals surface area contributed by atoms with E-state index in [1.165, 1.54) is 29.7 Å². The highest BCUT2D eigenvalue weighted by Gasteiger charge is 2.16. The maximum Gasteiger partial charge on any atom is 0.263 e. The molecule has 0 aliphatic carbocycles. The molecule has 9 heteroatoms. The standard InChI is InChI=1S/C9H11N5O2S2/c1-6-12-13-9(17-6)14-18(15,16)7-3-4-11-8(5-7)10-2/h3-5H,1-2H3,(H,10,11)(H,13,14). The largest absolute Gasteiger partial charge is 0.373 e. The summed E-state index contributed by atoms with van der Waals surface area (Å²) in [6, 6.07) is 2.85. The van der Waals surface area contributed by atoms with Gasteiger partial charge in [-0.1, -0.05) is 11.3 Å². The molecule has 0 atom stereocenters. The maximum absolute atomic E-state index is 12.1. The molecule has 96 valence electrons. The van der Waals surface area contributed by atoms with Gasteiger partial charge in [0.15, 0.2) is 0 Å². The number of nitrogens with zero attached hydrogens (tertiary/aromatic N) is 3. The highest BCUT2D eigenvalue weighted by Crippen LogP contribution is 2.20. The zero-order valence-electron chi connectivity index (χ0n) is 9.71. The minimum absolute atomic E-state index is 0.120. The normalized spacial score (nSPS) is 11.2. The third-order valence-electron chi connectivity index (χ3n) is 2.05. The van der Waals surface area contributed by atoms with Crippen molar-refractivity contribution in [3.63, 3.8) is 0 Å². The van der Waals surface area contributed by atoms with Gasteiger partial charge in [-0.15, -0.1) is 10.2 Å². The molecule has 18 heavy (non-hydrogen) atoms. The van der Waals surface area contributed by atoms with Crippen LogP contribution in [0.2, 0.25) is 0 Å². The van der Waals surface area contributed by atoms with E-state index < -0.39 is 10.0 Å². The van der Waals surface area contributed by atoms with Crippen molar-refractivity contribution in [2.75, 3.05) is 17.1 Å². The molecular formula is C9H11N5O2S2. The fourth-order valence-electron chi connectivity index (χ4n) is 1.23. The molecule has 2 N–H and O–H groups in total. The number of pyridine rings is 1. The highest BCUT2D eigenvalue weighted by atomic mass is 32.2. The third-order valence-corrected chi connectivity index (χ3v) is 4.27. The summed E-state index contributed by atoms with van der Waals surface area (Å²) in [5, 5.41) is 11.2. The van der Waals surface area contributed by atoms with E-state index in [-0.39, 0.29) is 10.0 Å². The number of hydrogen-bond acceptors (Lipinski definition) is 7. The number of aromatic nitrogens is 3. The van der Waals surface area contributed by atoms with Gasteiger partial charge < -0.3 is 5.32 Å². The Hall–Kier alpha value is -1.74. The molecule has 0 aromatic carbocycles. The van der Waals surface area contributed by atoms with Gasteiger partial charge in [-0.25, -0.2) is 13.4 Å². The van der Waals surface area contributed by atoms with E-state index in [1.54, 1.807) is 14.0 Å². The van der Waals surface area contributed by atoms with Gasteiger partial charge >= 0.3 is 0 Å². The highest BCUT2D eigenvalue weighted by molar-refractivity contribution is 7.93. The lowest BCUT2D eigenvalue weighted by atomic mass is 10.5. The van der Waals surface area contributed by atoms with E-state index in [0.717, 1.165) is 0 Å². The molecule has 2 heterocycles. The van der Waals surface area contributed by atoms with Crippen molar-refractivity contribution in [1.82, 2.24) is 15.2 Å². The van der Waals surface area contributed by atoms with Gasteiger partial charge in [0.05, 0.1) is 4.90 Å². The van der Waals surface area contributed by atoms with Crippen LogP contribution >= 0.6 is 11.3 Å². The number of nitrogens with one attached hydrogen (secondary N) is 2. The van der Waals surface area contributed by atoms with E-state index in [1.807, 2.05) is 0 Å². The quantitative estimate of drug-likeness (QED) is 0.872. The Labute approximate surface area is 108 Å². The van der Waals surface area contributed by atoms with Crippen molar-refractivity contribution < 1.29 is 8.42 Å². The molecule has 0 saturated carbocycles. The monoisotopic (exact) mass is 285 g/mol. The first-order valence-corrected chi connectivity index (χ1v) is 7.28. The van der Waals surface area contributed by atoms with Crippen LogP contribution in [0.15, 0.2) is 23.2 Å². The minimum Gasteiger partial charge on any atom is -0.373 e. The smallest absolute Gasteiger partial charge is 0.263 e. The number of anilines is 2. The van der Waals surface area contributed by atoms with Crippen LogP contribution in [0.5, 0.6) is 0 Å². The van der Waals surface area contributed by atoms with Gasteiger partial charge in [-0.05, 0) is 13.0 Å². The predicted molar refractivity (Wildman–Crippen MR) is 69.2 cm³/mol. The molecule has 0 saturated heterocycles. The Morgan fingerprint density at radius 1 is 1.33 bits per heavy atom. The lowest BCUT2D eigenvalue weighted by molar-refractivity contribution is 0.601. The zero-order valence-corrected chi connectivity index (χ0v) is 11.3. The summed E-state index contributed by atoms with van der Waals surface area (Å²) in [6.07, 6.45) is 1.42. The summed E-state index contributed by atoms with van der Waals surface area (Å²) >= 11 is 1.18. The molecule has 2 aromatic heterocycles. The van der Waals surface area contributed by atoms with Gasteiger partial charge in [0, 0.05) is 19.3 Å². The van der Waals surface area contributed by atoms with E-state index in [4.69, 9.17) is 0 Å². The molecule has 0 spiro atoms. The molecule has 7 nitrogen and oxygen atoms in total. The third kappa shape index (κ3) is 2.74. The van der Waals surface area contributed by atoms with Crippen molar-refractivity contribution in [3.05, 3.63) is 23.3 Å². The van der Waals surface area contributed by atoms with Crippen molar-refractivity contribution in [2.45, 2.75) is 11.8 Å².